The molecular formula is C25H32BrN3O4S. The van der Waals surface area contributed by atoms with Crippen LogP contribution < -0.4 is 4.74 Å². The van der Waals surface area contributed by atoms with Crippen molar-refractivity contribution in [3.63, 3.8) is 0 Å². The predicted molar refractivity (Wildman–Crippen MR) is 138 cm³/mol. The number of thioether (sulfide) groups is 1. The highest BCUT2D eigenvalue weighted by molar-refractivity contribution is 9.10. The van der Waals surface area contributed by atoms with Crippen LogP contribution in [0.4, 0.5) is 4.79 Å². The molecule has 7 nitrogen and oxygen atoms in total. The Hall–Kier alpha value is -2.07. The van der Waals surface area contributed by atoms with Crippen LogP contribution in [0.25, 0.3) is 0 Å². The van der Waals surface area contributed by atoms with Crippen molar-refractivity contribution in [2.75, 3.05) is 39.8 Å². The number of nitrogens with zero attached hydrogens (tertiary/aromatic N) is 3. The minimum absolute atomic E-state index is 0.138. The Morgan fingerprint density at radius 3 is 2.41 bits per heavy atom. The summed E-state index contributed by atoms with van der Waals surface area (Å²) in [5.74, 6) is 1.34. The molecule has 0 unspecified atom stereocenters. The molecule has 34 heavy (non-hydrogen) atoms. The molecule has 0 spiro atoms. The lowest BCUT2D eigenvalue weighted by molar-refractivity contribution is -0.132. The Morgan fingerprint density at radius 2 is 1.76 bits per heavy atom. The molecule has 1 aliphatic heterocycles. The molecule has 1 aliphatic rings. The Bertz CT molecular complexity index is 996. The van der Waals surface area contributed by atoms with E-state index in [-0.39, 0.29) is 18.5 Å². The van der Waals surface area contributed by atoms with Crippen molar-refractivity contribution in [2.24, 2.45) is 0 Å². The zero-order valence-electron chi connectivity index (χ0n) is 19.9. The quantitative estimate of drug-likeness (QED) is 0.451. The van der Waals surface area contributed by atoms with E-state index in [1.165, 1.54) is 10.5 Å². The molecule has 2 aromatic carbocycles. The van der Waals surface area contributed by atoms with Gasteiger partial charge in [0.2, 0.25) is 5.91 Å². The first-order valence-electron chi connectivity index (χ1n) is 11.3. The van der Waals surface area contributed by atoms with Crippen LogP contribution in [0, 0.1) is 0 Å². The van der Waals surface area contributed by atoms with Gasteiger partial charge in [0.15, 0.2) is 0 Å². The molecule has 2 aromatic rings. The molecule has 2 amide bonds. The zero-order valence-corrected chi connectivity index (χ0v) is 22.3. The summed E-state index contributed by atoms with van der Waals surface area (Å²) in [5.41, 5.74) is 2.43. The number of carbonyl (C=O) groups is 2. The van der Waals surface area contributed by atoms with Crippen LogP contribution in [0.1, 0.15) is 25.0 Å². The Kier molecular flexibility index (Phi) is 9.82. The average molecular weight is 551 g/mol. The maximum atomic E-state index is 12.4. The Morgan fingerprint density at radius 1 is 1.09 bits per heavy atom. The third-order valence-corrected chi connectivity index (χ3v) is 7.47. The minimum atomic E-state index is -1.19. The highest BCUT2D eigenvalue weighted by atomic mass is 79.9. The van der Waals surface area contributed by atoms with E-state index in [9.17, 15) is 14.7 Å². The van der Waals surface area contributed by atoms with E-state index < -0.39 is 6.09 Å². The topological polar surface area (TPSA) is 73.3 Å². The average Bonchev–Trinajstić information content (AvgIpc) is 2.79. The molecule has 0 radical (unpaired) electrons. The van der Waals surface area contributed by atoms with Gasteiger partial charge in [0.25, 0.3) is 0 Å². The molecule has 184 valence electrons. The fourth-order valence-corrected chi connectivity index (χ4v) is 5.46. The molecule has 1 heterocycles. The van der Waals surface area contributed by atoms with Crippen LogP contribution in [-0.4, -0.2) is 77.7 Å². The lowest BCUT2D eigenvalue weighted by Gasteiger charge is -2.35. The van der Waals surface area contributed by atoms with Crippen molar-refractivity contribution in [3.05, 3.63) is 58.1 Å². The largest absolute Gasteiger partial charge is 0.496 e. The van der Waals surface area contributed by atoms with E-state index in [0.717, 1.165) is 59.2 Å². The first kappa shape index (κ1) is 26.5. The third-order valence-electron chi connectivity index (χ3n) is 5.81. The van der Waals surface area contributed by atoms with Crippen LogP contribution >= 0.6 is 27.7 Å². The zero-order chi connectivity index (χ0) is 24.7. The van der Waals surface area contributed by atoms with Gasteiger partial charge < -0.3 is 9.84 Å². The van der Waals surface area contributed by atoms with E-state index in [2.05, 4.69) is 51.2 Å². The number of ether oxygens (including phenoxy) is 1. The number of hydrogen-bond acceptors (Lipinski definition) is 6. The molecule has 0 aromatic heterocycles. The number of hydrogen-bond donors (Lipinski definition) is 1. The highest BCUT2D eigenvalue weighted by Gasteiger charge is 2.27. The van der Waals surface area contributed by atoms with Gasteiger partial charge in [0.05, 0.1) is 13.7 Å². The van der Waals surface area contributed by atoms with Crippen LogP contribution in [0.5, 0.6) is 5.75 Å². The smallest absolute Gasteiger partial charge is 0.414 e. The fraction of sp³-hybridized carbons (Fsp3) is 0.440. The molecule has 0 aliphatic carbocycles. The summed E-state index contributed by atoms with van der Waals surface area (Å²) in [4.78, 5) is 30.4. The first-order valence-corrected chi connectivity index (χ1v) is 13.1. The number of halogens is 1. The molecule has 1 fully saturated rings. The lowest BCUT2D eigenvalue weighted by atomic mass is 10.2. The monoisotopic (exact) mass is 549 g/mol. The Labute approximate surface area is 214 Å². The molecule has 0 atom stereocenters. The number of imide groups is 1. The maximum absolute atomic E-state index is 12.4. The summed E-state index contributed by atoms with van der Waals surface area (Å²) >= 11 is 5.35. The second kappa shape index (κ2) is 12.6. The number of benzene rings is 2. The number of carboxylic acid groups (broad SMARTS) is 1. The van der Waals surface area contributed by atoms with Gasteiger partial charge in [-0.15, -0.1) is 11.8 Å². The molecular weight excluding hydrogens is 518 g/mol. The predicted octanol–water partition coefficient (Wildman–Crippen LogP) is 4.78. The number of carbonyl (C=O) groups excluding carboxylic acids is 1. The first-order chi connectivity index (χ1) is 16.3. The summed E-state index contributed by atoms with van der Waals surface area (Å²) in [6, 6.07) is 14.2. The number of piperazine rings is 1. The highest BCUT2D eigenvalue weighted by Crippen LogP contribution is 2.32. The van der Waals surface area contributed by atoms with E-state index in [1.54, 1.807) is 32.7 Å². The van der Waals surface area contributed by atoms with Crippen LogP contribution in [0.3, 0.4) is 0 Å². The lowest BCUT2D eigenvalue weighted by Crippen LogP contribution is -2.51. The van der Waals surface area contributed by atoms with Crippen molar-refractivity contribution in [2.45, 2.75) is 37.1 Å². The molecule has 3 rings (SSSR count). The second-order valence-electron chi connectivity index (χ2n) is 8.54. The molecule has 0 bridgehead atoms. The molecule has 0 saturated carbocycles. The standard InChI is InChI=1S/C25H32BrN3O4S/c1-18(2)29(25(31)32)24(30)16-28-12-10-27(11-13-28)15-19-6-4-5-7-23(19)34-17-20-14-21(26)8-9-22(20)33-3/h4-9,14,18H,10-13,15-17H2,1-3H3,(H,31,32). The number of rotatable bonds is 9. The van der Waals surface area contributed by atoms with Crippen molar-refractivity contribution in [1.82, 2.24) is 14.7 Å². The van der Waals surface area contributed by atoms with Gasteiger partial charge >= 0.3 is 6.09 Å². The number of methoxy groups -OCH3 is 1. The molecule has 9 heteroatoms. The summed E-state index contributed by atoms with van der Waals surface area (Å²) in [7, 11) is 1.70. The van der Waals surface area contributed by atoms with E-state index in [0.29, 0.717) is 0 Å². The minimum Gasteiger partial charge on any atom is -0.496 e. The number of amides is 2. The van der Waals surface area contributed by atoms with Crippen molar-refractivity contribution < 1.29 is 19.4 Å². The van der Waals surface area contributed by atoms with Crippen LogP contribution in [0.2, 0.25) is 0 Å². The van der Waals surface area contributed by atoms with E-state index >= 15 is 0 Å². The molecule has 1 saturated heterocycles. The van der Waals surface area contributed by atoms with Gasteiger partial charge in [-0.05, 0) is 43.7 Å². The van der Waals surface area contributed by atoms with E-state index in [4.69, 9.17) is 4.74 Å². The van der Waals surface area contributed by atoms with Crippen LogP contribution in [-0.2, 0) is 17.1 Å². The van der Waals surface area contributed by atoms with Gasteiger partial charge in [-0.1, -0.05) is 34.1 Å². The van der Waals surface area contributed by atoms with Gasteiger partial charge in [-0.3, -0.25) is 14.6 Å². The Balaban J connectivity index is 1.55. The fourth-order valence-electron chi connectivity index (χ4n) is 4.02. The third kappa shape index (κ3) is 7.21. The van der Waals surface area contributed by atoms with Gasteiger partial charge in [0.1, 0.15) is 5.75 Å². The van der Waals surface area contributed by atoms with Gasteiger partial charge in [-0.25, -0.2) is 9.69 Å². The summed E-state index contributed by atoms with van der Waals surface area (Å²) in [6.07, 6.45) is -1.19. The second-order valence-corrected chi connectivity index (χ2v) is 10.5. The van der Waals surface area contributed by atoms with Gasteiger partial charge in [0, 0.05) is 59.5 Å². The van der Waals surface area contributed by atoms with Crippen LogP contribution in [0.15, 0.2) is 51.8 Å². The summed E-state index contributed by atoms with van der Waals surface area (Å²) in [6.45, 7) is 7.55. The normalized spacial score (nSPS) is 14.9. The van der Waals surface area contributed by atoms with Crippen molar-refractivity contribution >= 4 is 39.7 Å². The summed E-state index contributed by atoms with van der Waals surface area (Å²) in [5, 5.41) is 9.30. The van der Waals surface area contributed by atoms with Crippen molar-refractivity contribution in [3.8, 4) is 5.75 Å². The SMILES string of the molecule is COc1ccc(Br)cc1CSc1ccccc1CN1CCN(CC(=O)N(C(=O)O)C(C)C)CC1. The summed E-state index contributed by atoms with van der Waals surface area (Å²) < 4.78 is 6.55. The van der Waals surface area contributed by atoms with Crippen molar-refractivity contribution in [1.29, 1.82) is 0 Å². The van der Waals surface area contributed by atoms with E-state index in [1.807, 2.05) is 17.0 Å². The maximum Gasteiger partial charge on any atom is 0.414 e. The molecule has 1 N–H and O–H groups in total. The van der Waals surface area contributed by atoms with Gasteiger partial charge in [-0.2, -0.15) is 0 Å².